The molecule has 0 aromatic heterocycles. The van der Waals surface area contributed by atoms with Gasteiger partial charge in [0.25, 0.3) is 5.69 Å². The minimum Gasteiger partial charge on any atom is -0.353 e. The molecule has 26 heavy (non-hydrogen) atoms. The van der Waals surface area contributed by atoms with Crippen LogP contribution in [0.5, 0.6) is 0 Å². The van der Waals surface area contributed by atoms with Gasteiger partial charge in [0.2, 0.25) is 5.91 Å². The molecule has 1 aromatic rings. The van der Waals surface area contributed by atoms with Gasteiger partial charge in [0.05, 0.1) is 4.92 Å². The molecular weight excluding hydrogens is 328 g/mol. The van der Waals surface area contributed by atoms with Crippen LogP contribution >= 0.6 is 0 Å². The van der Waals surface area contributed by atoms with E-state index in [0.29, 0.717) is 12.1 Å². The van der Waals surface area contributed by atoms with Crippen LogP contribution in [0.3, 0.4) is 0 Å². The van der Waals surface area contributed by atoms with E-state index in [1.807, 2.05) is 0 Å². The normalized spacial score (nSPS) is 11.0. The van der Waals surface area contributed by atoms with E-state index in [9.17, 15) is 14.9 Å². The van der Waals surface area contributed by atoms with Gasteiger partial charge in [0, 0.05) is 24.8 Å². The zero-order valence-corrected chi connectivity index (χ0v) is 15.9. The minimum absolute atomic E-state index is 0.0259. The van der Waals surface area contributed by atoms with Gasteiger partial charge in [-0.2, -0.15) is 0 Å². The molecule has 0 unspecified atom stereocenters. The first kappa shape index (κ1) is 21.9. The van der Waals surface area contributed by atoms with Crippen molar-refractivity contribution in [3.8, 4) is 0 Å². The molecule has 0 aliphatic carbocycles. The Morgan fingerprint density at radius 2 is 1.65 bits per heavy atom. The first-order valence-corrected chi connectivity index (χ1v) is 9.84. The number of non-ortho nitro benzene ring substituents is 1. The van der Waals surface area contributed by atoms with Gasteiger partial charge in [-0.3, -0.25) is 14.9 Å². The molecule has 0 saturated carbocycles. The molecule has 0 spiro atoms. The highest BCUT2D eigenvalue weighted by Gasteiger charge is 2.04. The van der Waals surface area contributed by atoms with Crippen LogP contribution in [-0.4, -0.2) is 17.4 Å². The smallest absolute Gasteiger partial charge is 0.270 e. The van der Waals surface area contributed by atoms with E-state index in [-0.39, 0.29) is 11.6 Å². The summed E-state index contributed by atoms with van der Waals surface area (Å²) in [4.78, 5) is 22.0. The van der Waals surface area contributed by atoms with Crippen LogP contribution in [0, 0.1) is 10.1 Å². The molecule has 1 N–H and O–H groups in total. The number of benzene rings is 1. The van der Waals surface area contributed by atoms with Gasteiger partial charge in [0.1, 0.15) is 0 Å². The van der Waals surface area contributed by atoms with E-state index < -0.39 is 4.92 Å². The van der Waals surface area contributed by atoms with Crippen molar-refractivity contribution in [1.82, 2.24) is 5.32 Å². The second-order valence-corrected chi connectivity index (χ2v) is 6.66. The fourth-order valence-corrected chi connectivity index (χ4v) is 2.80. The topological polar surface area (TPSA) is 72.2 Å². The molecule has 1 aromatic carbocycles. The number of hydrogen-bond acceptors (Lipinski definition) is 3. The third-order valence-corrected chi connectivity index (χ3v) is 4.34. The maximum Gasteiger partial charge on any atom is 0.270 e. The fraction of sp³-hybridized carbons (Fsp3) is 0.571. The molecule has 0 radical (unpaired) electrons. The average Bonchev–Trinajstić information content (AvgIpc) is 2.64. The SMILES string of the molecule is CCCCCCCCCCCCNC(=O)/C=C\c1cccc([N+](=O)[O-])c1. The average molecular weight is 360 g/mol. The van der Waals surface area contributed by atoms with E-state index in [4.69, 9.17) is 0 Å². The second kappa shape index (κ2) is 14.0. The summed E-state index contributed by atoms with van der Waals surface area (Å²) >= 11 is 0. The Hall–Kier alpha value is -2.17. The van der Waals surface area contributed by atoms with E-state index in [1.54, 1.807) is 18.2 Å². The number of nitro groups is 1. The van der Waals surface area contributed by atoms with Crippen molar-refractivity contribution in [3.05, 3.63) is 46.0 Å². The predicted octanol–water partition coefficient (Wildman–Crippen LogP) is 5.65. The summed E-state index contributed by atoms with van der Waals surface area (Å²) in [6, 6.07) is 6.23. The molecule has 0 aliphatic rings. The third kappa shape index (κ3) is 10.6. The molecule has 0 fully saturated rings. The first-order valence-electron chi connectivity index (χ1n) is 9.84. The fourth-order valence-electron chi connectivity index (χ4n) is 2.80. The monoisotopic (exact) mass is 360 g/mol. The zero-order valence-electron chi connectivity index (χ0n) is 15.9. The van der Waals surface area contributed by atoms with Crippen LogP contribution in [-0.2, 0) is 4.79 Å². The van der Waals surface area contributed by atoms with Crippen LogP contribution in [0.2, 0.25) is 0 Å². The molecule has 1 rings (SSSR count). The number of nitrogens with one attached hydrogen (secondary N) is 1. The highest BCUT2D eigenvalue weighted by atomic mass is 16.6. The van der Waals surface area contributed by atoms with Crippen molar-refractivity contribution in [2.45, 2.75) is 71.1 Å². The lowest BCUT2D eigenvalue weighted by atomic mass is 10.1. The molecule has 1 amide bonds. The van der Waals surface area contributed by atoms with Crippen LogP contribution in [0.15, 0.2) is 30.3 Å². The van der Waals surface area contributed by atoms with Crippen LogP contribution < -0.4 is 5.32 Å². The molecular formula is C21H32N2O3. The summed E-state index contributed by atoms with van der Waals surface area (Å²) in [5, 5.41) is 13.6. The summed E-state index contributed by atoms with van der Waals surface area (Å²) in [6.45, 7) is 2.91. The lowest BCUT2D eigenvalue weighted by molar-refractivity contribution is -0.384. The molecule has 0 aliphatic heterocycles. The predicted molar refractivity (Wildman–Crippen MR) is 107 cm³/mol. The van der Waals surface area contributed by atoms with Crippen LogP contribution in [0.1, 0.15) is 76.7 Å². The first-order chi connectivity index (χ1) is 12.6. The van der Waals surface area contributed by atoms with Crippen molar-refractivity contribution >= 4 is 17.7 Å². The van der Waals surface area contributed by atoms with Gasteiger partial charge < -0.3 is 5.32 Å². The Kier molecular flexibility index (Phi) is 11.8. The van der Waals surface area contributed by atoms with Crippen molar-refractivity contribution in [2.75, 3.05) is 6.54 Å². The Labute approximate surface area is 157 Å². The molecule has 0 bridgehead atoms. The lowest BCUT2D eigenvalue weighted by Crippen LogP contribution is -2.21. The lowest BCUT2D eigenvalue weighted by Gasteiger charge is -2.03. The quantitative estimate of drug-likeness (QED) is 0.202. The highest BCUT2D eigenvalue weighted by molar-refractivity contribution is 5.91. The maximum atomic E-state index is 11.8. The Bertz CT molecular complexity index is 570. The zero-order chi connectivity index (χ0) is 19.0. The van der Waals surface area contributed by atoms with Gasteiger partial charge in [0.15, 0.2) is 0 Å². The van der Waals surface area contributed by atoms with E-state index in [2.05, 4.69) is 12.2 Å². The number of carbonyl (C=O) groups is 1. The van der Waals surface area contributed by atoms with Gasteiger partial charge in [-0.05, 0) is 18.1 Å². The van der Waals surface area contributed by atoms with Crippen molar-refractivity contribution < 1.29 is 9.72 Å². The van der Waals surface area contributed by atoms with E-state index in [0.717, 1.165) is 12.8 Å². The summed E-state index contributed by atoms with van der Waals surface area (Å²) in [5.74, 6) is -0.160. The molecule has 0 atom stereocenters. The highest BCUT2D eigenvalue weighted by Crippen LogP contribution is 2.14. The van der Waals surface area contributed by atoms with Crippen molar-refractivity contribution in [2.24, 2.45) is 0 Å². The Morgan fingerprint density at radius 1 is 1.04 bits per heavy atom. The number of rotatable bonds is 14. The van der Waals surface area contributed by atoms with Crippen LogP contribution in [0.25, 0.3) is 6.08 Å². The van der Waals surface area contributed by atoms with Crippen LogP contribution in [0.4, 0.5) is 5.69 Å². The molecule has 0 heterocycles. The second-order valence-electron chi connectivity index (χ2n) is 6.66. The standard InChI is InChI=1S/C21H32N2O3/c1-2-3-4-5-6-7-8-9-10-11-17-22-21(24)16-15-19-13-12-14-20(18-19)23(25)26/h12-16,18H,2-11,17H2,1H3,(H,22,24)/b16-15-. The number of nitrogens with zero attached hydrogens (tertiary/aromatic N) is 1. The number of nitro benzene ring substituents is 1. The summed E-state index contributed by atoms with van der Waals surface area (Å²) in [5.41, 5.74) is 0.672. The number of amides is 1. The number of unbranched alkanes of at least 4 members (excludes halogenated alkanes) is 9. The summed E-state index contributed by atoms with van der Waals surface area (Å²) in [6.07, 6.45) is 15.7. The molecule has 144 valence electrons. The molecule has 5 nitrogen and oxygen atoms in total. The van der Waals surface area contributed by atoms with E-state index >= 15 is 0 Å². The molecule has 0 saturated heterocycles. The number of hydrogen-bond donors (Lipinski definition) is 1. The van der Waals surface area contributed by atoms with Gasteiger partial charge in [-0.1, -0.05) is 76.8 Å². The third-order valence-electron chi connectivity index (χ3n) is 4.34. The molecule has 5 heteroatoms. The van der Waals surface area contributed by atoms with E-state index in [1.165, 1.54) is 69.6 Å². The van der Waals surface area contributed by atoms with Gasteiger partial charge in [-0.15, -0.1) is 0 Å². The largest absolute Gasteiger partial charge is 0.353 e. The van der Waals surface area contributed by atoms with Gasteiger partial charge in [-0.25, -0.2) is 0 Å². The Morgan fingerprint density at radius 3 is 2.27 bits per heavy atom. The minimum atomic E-state index is -0.442. The van der Waals surface area contributed by atoms with Crippen molar-refractivity contribution in [3.63, 3.8) is 0 Å². The summed E-state index contributed by atoms with van der Waals surface area (Å²) in [7, 11) is 0. The number of carbonyl (C=O) groups excluding carboxylic acids is 1. The Balaban J connectivity index is 2.06. The summed E-state index contributed by atoms with van der Waals surface area (Å²) < 4.78 is 0. The van der Waals surface area contributed by atoms with Crippen molar-refractivity contribution in [1.29, 1.82) is 0 Å². The van der Waals surface area contributed by atoms with Gasteiger partial charge >= 0.3 is 0 Å². The maximum absolute atomic E-state index is 11.8.